The van der Waals surface area contributed by atoms with Crippen molar-refractivity contribution < 1.29 is 9.59 Å². The summed E-state index contributed by atoms with van der Waals surface area (Å²) in [7, 11) is 0. The van der Waals surface area contributed by atoms with Gasteiger partial charge < -0.3 is 16.0 Å². The summed E-state index contributed by atoms with van der Waals surface area (Å²) in [6.45, 7) is 1.48. The molecule has 1 saturated heterocycles. The van der Waals surface area contributed by atoms with Gasteiger partial charge in [-0.15, -0.1) is 0 Å². The fourth-order valence-corrected chi connectivity index (χ4v) is 2.53. The summed E-state index contributed by atoms with van der Waals surface area (Å²) >= 11 is 3.36. The summed E-state index contributed by atoms with van der Waals surface area (Å²) in [6.07, 6.45) is 1.33. The molecule has 1 aliphatic heterocycles. The third-order valence-corrected chi connectivity index (χ3v) is 4.07. The Hall–Kier alpha value is -1.56. The summed E-state index contributed by atoms with van der Waals surface area (Å²) < 4.78 is 1.00. The Bertz CT molecular complexity index is 482. The van der Waals surface area contributed by atoms with Gasteiger partial charge in [-0.2, -0.15) is 0 Å². The molecule has 0 aliphatic carbocycles. The molecule has 0 unspecified atom stereocenters. The maximum Gasteiger partial charge on any atom is 0.241 e. The standard InChI is InChI=1S/C14H18BrN3O2/c15-11-1-3-12(4-2-11)17-9-13(19)18-7-5-10(6-8-18)14(16)20/h1-4,10,17H,5-9H2,(H2,16,20). The first-order valence-corrected chi connectivity index (χ1v) is 7.42. The average molecular weight is 340 g/mol. The van der Waals surface area contributed by atoms with Crippen LogP contribution in [-0.4, -0.2) is 36.3 Å². The molecule has 3 N–H and O–H groups in total. The van der Waals surface area contributed by atoms with Crippen LogP contribution in [0.25, 0.3) is 0 Å². The van der Waals surface area contributed by atoms with Crippen LogP contribution in [0.3, 0.4) is 0 Å². The number of halogens is 1. The highest BCUT2D eigenvalue weighted by molar-refractivity contribution is 9.10. The molecule has 1 aromatic rings. The van der Waals surface area contributed by atoms with E-state index in [-0.39, 0.29) is 24.3 Å². The lowest BCUT2D eigenvalue weighted by Gasteiger charge is -2.30. The van der Waals surface area contributed by atoms with Gasteiger partial charge in [0, 0.05) is 29.2 Å². The molecule has 2 amide bonds. The van der Waals surface area contributed by atoms with Gasteiger partial charge in [0.2, 0.25) is 11.8 Å². The molecule has 0 atom stereocenters. The number of hydrogen-bond donors (Lipinski definition) is 2. The minimum atomic E-state index is -0.259. The molecule has 0 aromatic heterocycles. The monoisotopic (exact) mass is 339 g/mol. The highest BCUT2D eigenvalue weighted by Gasteiger charge is 2.25. The zero-order chi connectivity index (χ0) is 14.5. The zero-order valence-corrected chi connectivity index (χ0v) is 12.7. The SMILES string of the molecule is NC(=O)C1CCN(C(=O)CNc2ccc(Br)cc2)CC1. The number of benzene rings is 1. The zero-order valence-electron chi connectivity index (χ0n) is 11.1. The second kappa shape index (κ2) is 6.74. The number of nitrogens with two attached hydrogens (primary N) is 1. The Morgan fingerprint density at radius 2 is 1.85 bits per heavy atom. The maximum absolute atomic E-state index is 12.1. The number of nitrogens with one attached hydrogen (secondary N) is 1. The van der Waals surface area contributed by atoms with E-state index in [1.54, 1.807) is 4.90 Å². The molecule has 2 rings (SSSR count). The highest BCUT2D eigenvalue weighted by atomic mass is 79.9. The molecule has 1 aromatic carbocycles. The van der Waals surface area contributed by atoms with Crippen molar-refractivity contribution in [1.29, 1.82) is 0 Å². The van der Waals surface area contributed by atoms with Crippen molar-refractivity contribution in [2.45, 2.75) is 12.8 Å². The molecule has 6 heteroatoms. The molecule has 0 saturated carbocycles. The third kappa shape index (κ3) is 3.96. The number of anilines is 1. The van der Waals surface area contributed by atoms with Crippen LogP contribution in [0.4, 0.5) is 5.69 Å². The lowest BCUT2D eigenvalue weighted by Crippen LogP contribution is -2.43. The van der Waals surface area contributed by atoms with Crippen LogP contribution in [0, 0.1) is 5.92 Å². The summed E-state index contributed by atoms with van der Waals surface area (Å²) in [6, 6.07) is 7.67. The number of carbonyl (C=O) groups excluding carboxylic acids is 2. The fourth-order valence-electron chi connectivity index (χ4n) is 2.27. The molecule has 1 fully saturated rings. The van der Waals surface area contributed by atoms with E-state index < -0.39 is 0 Å². The van der Waals surface area contributed by atoms with Gasteiger partial charge in [0.25, 0.3) is 0 Å². The molecular formula is C14H18BrN3O2. The second-order valence-corrected chi connectivity index (χ2v) is 5.83. The first kappa shape index (κ1) is 14.8. The van der Waals surface area contributed by atoms with E-state index in [4.69, 9.17) is 5.73 Å². The van der Waals surface area contributed by atoms with Gasteiger partial charge in [-0.25, -0.2) is 0 Å². The van der Waals surface area contributed by atoms with Crippen LogP contribution in [0.1, 0.15) is 12.8 Å². The first-order chi connectivity index (χ1) is 9.56. The van der Waals surface area contributed by atoms with E-state index in [9.17, 15) is 9.59 Å². The quantitative estimate of drug-likeness (QED) is 0.874. The van der Waals surface area contributed by atoms with Gasteiger partial charge in [0.05, 0.1) is 6.54 Å². The molecule has 0 spiro atoms. The molecule has 108 valence electrons. The van der Waals surface area contributed by atoms with E-state index in [2.05, 4.69) is 21.2 Å². The van der Waals surface area contributed by atoms with Gasteiger partial charge >= 0.3 is 0 Å². The molecule has 1 aliphatic rings. The molecule has 0 radical (unpaired) electrons. The largest absolute Gasteiger partial charge is 0.376 e. The van der Waals surface area contributed by atoms with Crippen LogP contribution in [0.2, 0.25) is 0 Å². The van der Waals surface area contributed by atoms with Crippen LogP contribution in [0.15, 0.2) is 28.7 Å². The van der Waals surface area contributed by atoms with Crippen molar-refractivity contribution in [1.82, 2.24) is 4.90 Å². The van der Waals surface area contributed by atoms with E-state index >= 15 is 0 Å². The lowest BCUT2D eigenvalue weighted by atomic mass is 9.96. The number of piperidine rings is 1. The van der Waals surface area contributed by atoms with E-state index in [1.807, 2.05) is 24.3 Å². The van der Waals surface area contributed by atoms with Crippen molar-refractivity contribution >= 4 is 33.4 Å². The molecule has 0 bridgehead atoms. The second-order valence-electron chi connectivity index (χ2n) is 4.92. The van der Waals surface area contributed by atoms with Crippen molar-refractivity contribution in [2.75, 3.05) is 25.0 Å². The maximum atomic E-state index is 12.1. The number of nitrogens with zero attached hydrogens (tertiary/aromatic N) is 1. The Labute approximate surface area is 126 Å². The number of likely N-dealkylation sites (tertiary alicyclic amines) is 1. The number of rotatable bonds is 4. The van der Waals surface area contributed by atoms with Crippen molar-refractivity contribution in [3.63, 3.8) is 0 Å². The van der Waals surface area contributed by atoms with Gasteiger partial charge in [-0.05, 0) is 37.1 Å². The third-order valence-electron chi connectivity index (χ3n) is 3.54. The van der Waals surface area contributed by atoms with Gasteiger partial charge in [-0.1, -0.05) is 15.9 Å². The molecule has 1 heterocycles. The van der Waals surface area contributed by atoms with Crippen molar-refractivity contribution in [3.8, 4) is 0 Å². The Balaban J connectivity index is 1.78. The van der Waals surface area contributed by atoms with Crippen LogP contribution >= 0.6 is 15.9 Å². The highest BCUT2D eigenvalue weighted by Crippen LogP contribution is 2.17. The minimum absolute atomic E-state index is 0.0517. The lowest BCUT2D eigenvalue weighted by molar-refractivity contribution is -0.133. The van der Waals surface area contributed by atoms with Crippen LogP contribution in [0.5, 0.6) is 0 Å². The summed E-state index contributed by atoms with van der Waals surface area (Å²) in [4.78, 5) is 24.9. The number of primary amides is 1. The van der Waals surface area contributed by atoms with Gasteiger partial charge in [-0.3, -0.25) is 9.59 Å². The fraction of sp³-hybridized carbons (Fsp3) is 0.429. The van der Waals surface area contributed by atoms with Crippen molar-refractivity contribution in [3.05, 3.63) is 28.7 Å². The number of carbonyl (C=O) groups is 2. The predicted octanol–water partition coefficient (Wildman–Crippen LogP) is 1.58. The Morgan fingerprint density at radius 3 is 2.40 bits per heavy atom. The van der Waals surface area contributed by atoms with Gasteiger partial charge in [0.1, 0.15) is 0 Å². The summed E-state index contributed by atoms with van der Waals surface area (Å²) in [5, 5.41) is 3.10. The van der Waals surface area contributed by atoms with Crippen molar-refractivity contribution in [2.24, 2.45) is 11.7 Å². The summed E-state index contributed by atoms with van der Waals surface area (Å²) in [5.74, 6) is -0.292. The van der Waals surface area contributed by atoms with E-state index in [1.165, 1.54) is 0 Å². The Kier molecular flexibility index (Phi) is 5.00. The topological polar surface area (TPSA) is 75.4 Å². The number of amides is 2. The minimum Gasteiger partial charge on any atom is -0.376 e. The average Bonchev–Trinajstić information content (AvgIpc) is 2.46. The predicted molar refractivity (Wildman–Crippen MR) is 81.1 cm³/mol. The first-order valence-electron chi connectivity index (χ1n) is 6.63. The molecular weight excluding hydrogens is 322 g/mol. The smallest absolute Gasteiger partial charge is 0.241 e. The van der Waals surface area contributed by atoms with E-state index in [0.29, 0.717) is 25.9 Å². The molecule has 5 nitrogen and oxygen atoms in total. The Morgan fingerprint density at radius 1 is 1.25 bits per heavy atom. The summed E-state index contributed by atoms with van der Waals surface area (Å²) in [5.41, 5.74) is 6.19. The van der Waals surface area contributed by atoms with Crippen LogP contribution < -0.4 is 11.1 Å². The van der Waals surface area contributed by atoms with E-state index in [0.717, 1.165) is 10.2 Å². The van der Waals surface area contributed by atoms with Crippen LogP contribution in [-0.2, 0) is 9.59 Å². The number of hydrogen-bond acceptors (Lipinski definition) is 3. The normalized spacial score (nSPS) is 15.9. The molecule has 20 heavy (non-hydrogen) atoms. The van der Waals surface area contributed by atoms with Gasteiger partial charge in [0.15, 0.2) is 0 Å².